The Morgan fingerprint density at radius 1 is 1.07 bits per heavy atom. The molecule has 0 saturated carbocycles. The van der Waals surface area contributed by atoms with E-state index in [1.54, 1.807) is 47.4 Å². The van der Waals surface area contributed by atoms with Crippen LogP contribution in [-0.4, -0.2) is 47.0 Å². The molecule has 1 aromatic heterocycles. The molecule has 0 spiro atoms. The van der Waals surface area contributed by atoms with Gasteiger partial charge in [0.25, 0.3) is 5.91 Å². The van der Waals surface area contributed by atoms with E-state index in [2.05, 4.69) is 18.7 Å². The minimum atomic E-state index is -0.572. The van der Waals surface area contributed by atoms with Crippen LogP contribution >= 0.6 is 0 Å². The number of hydrogen-bond acceptors (Lipinski definition) is 5. The van der Waals surface area contributed by atoms with Crippen molar-refractivity contribution in [2.45, 2.75) is 26.3 Å². The number of phenols is 1. The van der Waals surface area contributed by atoms with E-state index in [0.717, 1.165) is 26.1 Å². The Labute approximate surface area is 175 Å². The molecule has 2 heterocycles. The van der Waals surface area contributed by atoms with Gasteiger partial charge in [-0.2, -0.15) is 0 Å². The number of carbonyl (C=O) groups excluding carboxylic acids is 1. The zero-order valence-corrected chi connectivity index (χ0v) is 17.3. The quantitative estimate of drug-likeness (QED) is 0.646. The van der Waals surface area contributed by atoms with Gasteiger partial charge in [0.15, 0.2) is 5.43 Å². The van der Waals surface area contributed by atoms with Crippen LogP contribution in [-0.2, 0) is 0 Å². The number of benzene rings is 2. The predicted molar refractivity (Wildman–Crippen MR) is 116 cm³/mol. The van der Waals surface area contributed by atoms with E-state index in [1.807, 2.05) is 6.07 Å². The first-order valence-corrected chi connectivity index (χ1v) is 10.4. The van der Waals surface area contributed by atoms with E-state index in [4.69, 9.17) is 4.42 Å². The predicted octanol–water partition coefficient (Wildman–Crippen LogP) is 3.78. The second-order valence-corrected chi connectivity index (χ2v) is 7.55. The fraction of sp³-hybridized carbons (Fsp3) is 0.333. The zero-order valence-electron chi connectivity index (χ0n) is 17.3. The summed E-state index contributed by atoms with van der Waals surface area (Å²) < 4.78 is 5.92. The van der Waals surface area contributed by atoms with Crippen LogP contribution in [0.25, 0.3) is 11.0 Å². The molecule has 0 fully saturated rings. The van der Waals surface area contributed by atoms with Gasteiger partial charge in [-0.15, -0.1) is 0 Å². The minimum Gasteiger partial charge on any atom is -0.508 e. The maximum Gasteiger partial charge on any atom is 0.290 e. The molecule has 1 aliphatic rings. The topological polar surface area (TPSA) is 74.0 Å². The van der Waals surface area contributed by atoms with E-state index in [0.29, 0.717) is 28.6 Å². The number of amides is 1. The molecule has 0 bridgehead atoms. The van der Waals surface area contributed by atoms with Crippen LogP contribution in [0.1, 0.15) is 48.0 Å². The molecule has 1 aliphatic heterocycles. The van der Waals surface area contributed by atoms with Crippen molar-refractivity contribution < 1.29 is 14.3 Å². The van der Waals surface area contributed by atoms with Crippen LogP contribution in [0.4, 0.5) is 0 Å². The van der Waals surface area contributed by atoms with Crippen LogP contribution < -0.4 is 5.43 Å². The number of rotatable bonds is 7. The second kappa shape index (κ2) is 8.32. The highest BCUT2D eigenvalue weighted by Gasteiger charge is 2.42. The molecule has 1 N–H and O–H groups in total. The smallest absolute Gasteiger partial charge is 0.290 e. The Morgan fingerprint density at radius 3 is 2.57 bits per heavy atom. The van der Waals surface area contributed by atoms with Crippen LogP contribution in [0.2, 0.25) is 0 Å². The van der Waals surface area contributed by atoms with Gasteiger partial charge in [0.2, 0.25) is 5.76 Å². The zero-order chi connectivity index (χ0) is 21.3. The monoisotopic (exact) mass is 406 g/mol. The molecule has 30 heavy (non-hydrogen) atoms. The van der Waals surface area contributed by atoms with E-state index in [9.17, 15) is 14.7 Å². The number of phenolic OH excluding ortho intramolecular Hbond substituents is 1. The van der Waals surface area contributed by atoms with Gasteiger partial charge in [-0.05, 0) is 55.9 Å². The maximum atomic E-state index is 13.3. The Kier molecular flexibility index (Phi) is 5.59. The summed E-state index contributed by atoms with van der Waals surface area (Å²) in [6.45, 7) is 7.49. The van der Waals surface area contributed by atoms with Crippen LogP contribution in [0.15, 0.2) is 57.7 Å². The number of fused-ring (bicyclic) bond motifs is 2. The molecule has 1 amide bonds. The van der Waals surface area contributed by atoms with E-state index in [1.165, 1.54) is 0 Å². The van der Waals surface area contributed by atoms with Crippen molar-refractivity contribution in [2.24, 2.45) is 0 Å². The number of aromatic hydroxyl groups is 1. The molecule has 6 nitrogen and oxygen atoms in total. The lowest BCUT2D eigenvalue weighted by molar-refractivity contribution is 0.0720. The molecule has 1 unspecified atom stereocenters. The molecular formula is C24H26N2O4. The van der Waals surface area contributed by atoms with Gasteiger partial charge in [0, 0.05) is 6.54 Å². The van der Waals surface area contributed by atoms with Crippen molar-refractivity contribution >= 4 is 16.9 Å². The summed E-state index contributed by atoms with van der Waals surface area (Å²) in [5.74, 6) is -0.0720. The average molecular weight is 406 g/mol. The third-order valence-corrected chi connectivity index (χ3v) is 5.83. The van der Waals surface area contributed by atoms with Crippen molar-refractivity contribution in [3.05, 3.63) is 75.6 Å². The summed E-state index contributed by atoms with van der Waals surface area (Å²) in [6.07, 6.45) is 0.782. The number of hydrogen-bond donors (Lipinski definition) is 1. The van der Waals surface area contributed by atoms with Gasteiger partial charge in [0.1, 0.15) is 11.3 Å². The van der Waals surface area contributed by atoms with Gasteiger partial charge >= 0.3 is 0 Å². The standard InChI is InChI=1S/C24H26N2O4/c1-3-25(4-2)13-8-14-26-21(16-9-7-10-17(27)15-16)20-22(28)18-11-5-6-12-19(18)30-23(20)24(26)29/h5-7,9-12,15,21,27H,3-4,8,13-14H2,1-2H3. The first-order chi connectivity index (χ1) is 14.5. The lowest BCUT2D eigenvalue weighted by atomic mass is 9.98. The first kappa shape index (κ1) is 20.2. The highest BCUT2D eigenvalue weighted by Crippen LogP contribution is 2.38. The molecule has 3 aromatic rings. The highest BCUT2D eigenvalue weighted by atomic mass is 16.3. The Morgan fingerprint density at radius 2 is 1.83 bits per heavy atom. The molecule has 1 atom stereocenters. The molecule has 6 heteroatoms. The third kappa shape index (κ3) is 3.48. The Bertz CT molecular complexity index is 1130. The average Bonchev–Trinajstić information content (AvgIpc) is 3.03. The molecule has 0 radical (unpaired) electrons. The lowest BCUT2D eigenvalue weighted by Crippen LogP contribution is -2.33. The van der Waals surface area contributed by atoms with Crippen LogP contribution in [0, 0.1) is 0 Å². The first-order valence-electron chi connectivity index (χ1n) is 10.4. The van der Waals surface area contributed by atoms with Gasteiger partial charge in [-0.25, -0.2) is 0 Å². The molecule has 2 aromatic carbocycles. The van der Waals surface area contributed by atoms with Gasteiger partial charge in [0.05, 0.1) is 17.0 Å². The van der Waals surface area contributed by atoms with Gasteiger partial charge < -0.3 is 19.3 Å². The van der Waals surface area contributed by atoms with Crippen molar-refractivity contribution in [3.63, 3.8) is 0 Å². The minimum absolute atomic E-state index is 0.0988. The number of nitrogens with zero attached hydrogens (tertiary/aromatic N) is 2. The summed E-state index contributed by atoms with van der Waals surface area (Å²) in [5.41, 5.74) is 1.27. The summed E-state index contributed by atoms with van der Waals surface area (Å²) in [6, 6.07) is 13.2. The second-order valence-electron chi connectivity index (χ2n) is 7.55. The highest BCUT2D eigenvalue weighted by molar-refractivity contribution is 5.99. The normalized spacial score (nSPS) is 15.9. The molecular weight excluding hydrogens is 380 g/mol. The largest absolute Gasteiger partial charge is 0.508 e. The van der Waals surface area contributed by atoms with Crippen molar-refractivity contribution in [3.8, 4) is 5.75 Å². The fourth-order valence-corrected chi connectivity index (χ4v) is 4.24. The van der Waals surface area contributed by atoms with Crippen LogP contribution in [0.3, 0.4) is 0 Å². The number of carbonyl (C=O) groups is 1. The molecule has 4 rings (SSSR count). The SMILES string of the molecule is CCN(CC)CCCN1C(=O)c2oc3ccccc3c(=O)c2C1c1cccc(O)c1. The third-order valence-electron chi connectivity index (χ3n) is 5.83. The summed E-state index contributed by atoms with van der Waals surface area (Å²) in [5, 5.41) is 10.5. The van der Waals surface area contributed by atoms with Crippen molar-refractivity contribution in [1.29, 1.82) is 0 Å². The van der Waals surface area contributed by atoms with Gasteiger partial charge in [-0.3, -0.25) is 9.59 Å². The van der Waals surface area contributed by atoms with Crippen molar-refractivity contribution in [1.82, 2.24) is 9.80 Å². The Balaban J connectivity index is 1.79. The maximum absolute atomic E-state index is 13.3. The lowest BCUT2D eigenvalue weighted by Gasteiger charge is -2.26. The molecule has 0 saturated heterocycles. The summed E-state index contributed by atoms with van der Waals surface area (Å²) >= 11 is 0. The van der Waals surface area contributed by atoms with Gasteiger partial charge in [-0.1, -0.05) is 38.1 Å². The van der Waals surface area contributed by atoms with E-state index < -0.39 is 6.04 Å². The fourth-order valence-electron chi connectivity index (χ4n) is 4.24. The molecule has 156 valence electrons. The van der Waals surface area contributed by atoms with Crippen LogP contribution in [0.5, 0.6) is 5.75 Å². The number of para-hydroxylation sites is 1. The summed E-state index contributed by atoms with van der Waals surface area (Å²) in [7, 11) is 0. The Hall–Kier alpha value is -3.12. The van der Waals surface area contributed by atoms with Crippen molar-refractivity contribution in [2.75, 3.05) is 26.2 Å². The van der Waals surface area contributed by atoms with E-state index in [-0.39, 0.29) is 22.8 Å². The van der Waals surface area contributed by atoms with E-state index >= 15 is 0 Å². The molecule has 0 aliphatic carbocycles. The summed E-state index contributed by atoms with van der Waals surface area (Å²) in [4.78, 5) is 30.6.